The van der Waals surface area contributed by atoms with E-state index in [1.54, 1.807) is 6.07 Å². The van der Waals surface area contributed by atoms with Crippen LogP contribution in [0.2, 0.25) is 0 Å². The summed E-state index contributed by atoms with van der Waals surface area (Å²) in [6.07, 6.45) is 2.98. The number of nitrogens with zero attached hydrogens (tertiary/aromatic N) is 4. The molecule has 34 heavy (non-hydrogen) atoms. The Balaban J connectivity index is 1.61. The van der Waals surface area contributed by atoms with E-state index in [-0.39, 0.29) is 28.9 Å². The highest BCUT2D eigenvalue weighted by Gasteiger charge is 2.32. The van der Waals surface area contributed by atoms with Crippen LogP contribution in [-0.4, -0.2) is 52.3 Å². The topological polar surface area (TPSA) is 103 Å². The van der Waals surface area contributed by atoms with Crippen LogP contribution >= 0.6 is 0 Å². The van der Waals surface area contributed by atoms with Crippen LogP contribution in [0.3, 0.4) is 0 Å². The van der Waals surface area contributed by atoms with Crippen LogP contribution in [0, 0.1) is 36.9 Å². The first-order valence-corrected chi connectivity index (χ1v) is 11.7. The lowest BCUT2D eigenvalue weighted by Crippen LogP contribution is -2.53. The van der Waals surface area contributed by atoms with Crippen LogP contribution in [0.1, 0.15) is 58.9 Å². The van der Waals surface area contributed by atoms with E-state index in [9.17, 15) is 19.2 Å². The van der Waals surface area contributed by atoms with Crippen molar-refractivity contribution in [2.24, 2.45) is 11.7 Å². The van der Waals surface area contributed by atoms with Crippen molar-refractivity contribution in [1.29, 1.82) is 5.26 Å². The smallest absolute Gasteiger partial charge is 0.251 e. The normalized spacial score (nSPS) is 18.6. The third kappa shape index (κ3) is 4.95. The molecular formula is C26H30FN5O2. The minimum Gasteiger partial charge on any atom is -0.366 e. The highest BCUT2D eigenvalue weighted by Crippen LogP contribution is 2.34. The zero-order valence-electron chi connectivity index (χ0n) is 19.9. The number of nitrogens with two attached hydrogens (primary N) is 1. The molecule has 1 aliphatic carbocycles. The first-order valence-electron chi connectivity index (χ1n) is 11.7. The van der Waals surface area contributed by atoms with E-state index in [2.05, 4.69) is 22.9 Å². The molecule has 0 radical (unpaired) electrons. The van der Waals surface area contributed by atoms with Crippen molar-refractivity contribution in [2.75, 3.05) is 19.6 Å². The van der Waals surface area contributed by atoms with E-state index in [0.717, 1.165) is 43.1 Å². The number of aryl methyl sites for hydroxylation is 1. The summed E-state index contributed by atoms with van der Waals surface area (Å²) >= 11 is 0. The fraction of sp³-hybridized carbons (Fsp3) is 0.462. The molecule has 0 bridgehead atoms. The average Bonchev–Trinajstić information content (AvgIpc) is 3.60. The van der Waals surface area contributed by atoms with Gasteiger partial charge in [-0.3, -0.25) is 14.5 Å². The molecule has 2 fully saturated rings. The zero-order valence-corrected chi connectivity index (χ0v) is 19.9. The largest absolute Gasteiger partial charge is 0.366 e. The Labute approximate surface area is 199 Å². The lowest BCUT2D eigenvalue weighted by molar-refractivity contribution is -0.136. The van der Waals surface area contributed by atoms with E-state index in [1.165, 1.54) is 6.92 Å². The number of primary amides is 1. The van der Waals surface area contributed by atoms with Crippen LogP contribution in [0.15, 0.2) is 18.2 Å². The van der Waals surface area contributed by atoms with Crippen molar-refractivity contribution in [3.05, 3.63) is 52.0 Å². The van der Waals surface area contributed by atoms with Gasteiger partial charge in [0.15, 0.2) is 0 Å². The van der Waals surface area contributed by atoms with Crippen LogP contribution in [0.25, 0.3) is 11.3 Å². The number of carbonyl (C=O) groups excluding carboxylic acids is 2. The molecular weight excluding hydrogens is 433 g/mol. The predicted molar refractivity (Wildman–Crippen MR) is 126 cm³/mol. The standard InChI is InChI=1S/C26H30FN5O2/c1-15-13-31(6-7-32(15)24(33)10-18-4-5-18)14-20-8-19(12-28)9-21(16(20)2)25-22(26(29)34)11-23(27)17(3)30-25/h8-9,11,15,18H,4-7,10,13-14H2,1-3H3,(H2,29,34). The molecule has 1 aromatic heterocycles. The fourth-order valence-corrected chi connectivity index (χ4v) is 4.70. The Bertz CT molecular complexity index is 1180. The lowest BCUT2D eigenvalue weighted by Gasteiger charge is -2.40. The molecule has 7 nitrogen and oxygen atoms in total. The molecule has 0 spiro atoms. The number of hydrogen-bond acceptors (Lipinski definition) is 5. The number of aromatic nitrogens is 1. The number of benzene rings is 1. The van der Waals surface area contributed by atoms with Crippen LogP contribution in [0.5, 0.6) is 0 Å². The van der Waals surface area contributed by atoms with Gasteiger partial charge in [-0.2, -0.15) is 5.26 Å². The van der Waals surface area contributed by atoms with Gasteiger partial charge in [-0.25, -0.2) is 9.37 Å². The van der Waals surface area contributed by atoms with Gasteiger partial charge in [-0.15, -0.1) is 0 Å². The Hall–Kier alpha value is -3.31. The molecule has 1 unspecified atom stereocenters. The van der Waals surface area contributed by atoms with Gasteiger partial charge >= 0.3 is 0 Å². The van der Waals surface area contributed by atoms with E-state index < -0.39 is 11.7 Å². The number of rotatable bonds is 6. The van der Waals surface area contributed by atoms with Gasteiger partial charge in [0.25, 0.3) is 5.91 Å². The molecule has 2 N–H and O–H groups in total. The van der Waals surface area contributed by atoms with Crippen LogP contribution < -0.4 is 5.73 Å². The fourth-order valence-electron chi connectivity index (χ4n) is 4.70. The Morgan fingerprint density at radius 2 is 1.97 bits per heavy atom. The second-order valence-corrected chi connectivity index (χ2v) is 9.55. The van der Waals surface area contributed by atoms with Gasteiger partial charge in [0, 0.05) is 44.2 Å². The molecule has 2 aliphatic rings. The molecule has 2 heterocycles. The Morgan fingerprint density at radius 3 is 2.59 bits per heavy atom. The number of pyridine rings is 1. The van der Waals surface area contributed by atoms with Gasteiger partial charge in [0.05, 0.1) is 28.6 Å². The van der Waals surface area contributed by atoms with Crippen molar-refractivity contribution in [3.8, 4) is 17.3 Å². The predicted octanol–water partition coefficient (Wildman–Crippen LogP) is 3.31. The summed E-state index contributed by atoms with van der Waals surface area (Å²) in [7, 11) is 0. The third-order valence-corrected chi connectivity index (χ3v) is 6.90. The van der Waals surface area contributed by atoms with E-state index in [1.807, 2.05) is 17.9 Å². The molecule has 1 aromatic carbocycles. The highest BCUT2D eigenvalue weighted by molar-refractivity contribution is 5.99. The lowest BCUT2D eigenvalue weighted by atomic mass is 9.93. The summed E-state index contributed by atoms with van der Waals surface area (Å²) in [5.74, 6) is -0.557. The zero-order chi connectivity index (χ0) is 24.6. The first kappa shape index (κ1) is 23.8. The van der Waals surface area contributed by atoms with Gasteiger partial charge in [-0.1, -0.05) is 0 Å². The summed E-state index contributed by atoms with van der Waals surface area (Å²) in [5.41, 5.74) is 8.76. The van der Waals surface area contributed by atoms with Gasteiger partial charge < -0.3 is 10.6 Å². The van der Waals surface area contributed by atoms with Crippen LogP contribution in [0.4, 0.5) is 4.39 Å². The second-order valence-electron chi connectivity index (χ2n) is 9.55. The maximum absolute atomic E-state index is 14.1. The molecule has 4 rings (SSSR count). The van der Waals surface area contributed by atoms with E-state index in [4.69, 9.17) is 5.73 Å². The molecule has 1 aliphatic heterocycles. The third-order valence-electron chi connectivity index (χ3n) is 6.90. The van der Waals surface area contributed by atoms with Crippen LogP contribution in [-0.2, 0) is 11.3 Å². The Kier molecular flexibility index (Phi) is 6.67. The van der Waals surface area contributed by atoms with Crippen molar-refractivity contribution in [3.63, 3.8) is 0 Å². The van der Waals surface area contributed by atoms with E-state index in [0.29, 0.717) is 36.6 Å². The molecule has 1 saturated heterocycles. The van der Waals surface area contributed by atoms with Gasteiger partial charge in [0.1, 0.15) is 5.82 Å². The number of hydrogen-bond donors (Lipinski definition) is 1. The first-order chi connectivity index (χ1) is 16.2. The maximum Gasteiger partial charge on any atom is 0.251 e. The number of piperazine rings is 1. The van der Waals surface area contributed by atoms with Gasteiger partial charge in [-0.05, 0) is 68.9 Å². The van der Waals surface area contributed by atoms with E-state index >= 15 is 0 Å². The SMILES string of the molecule is Cc1nc(-c2cc(C#N)cc(CN3CCN(C(=O)CC4CC4)C(C)C3)c2C)c(C(N)=O)cc1F. The summed E-state index contributed by atoms with van der Waals surface area (Å²) in [5, 5.41) is 9.64. The van der Waals surface area contributed by atoms with Crippen molar-refractivity contribution >= 4 is 11.8 Å². The maximum atomic E-state index is 14.1. The molecule has 178 valence electrons. The molecule has 2 aromatic rings. The van der Waals surface area contributed by atoms with Crippen molar-refractivity contribution in [2.45, 2.75) is 52.6 Å². The summed E-state index contributed by atoms with van der Waals surface area (Å²) in [6.45, 7) is 8.27. The minimum atomic E-state index is -0.773. The van der Waals surface area contributed by atoms with Crippen molar-refractivity contribution in [1.82, 2.24) is 14.8 Å². The molecule has 8 heteroatoms. The molecule has 2 amide bonds. The Morgan fingerprint density at radius 1 is 1.24 bits per heavy atom. The number of nitriles is 1. The summed E-state index contributed by atoms with van der Waals surface area (Å²) < 4.78 is 14.1. The second kappa shape index (κ2) is 9.51. The average molecular weight is 464 g/mol. The number of amides is 2. The van der Waals surface area contributed by atoms with Crippen molar-refractivity contribution < 1.29 is 14.0 Å². The highest BCUT2D eigenvalue weighted by atomic mass is 19.1. The minimum absolute atomic E-state index is 0.0105. The summed E-state index contributed by atoms with van der Waals surface area (Å²) in [4.78, 5) is 33.2. The number of carbonyl (C=O) groups is 2. The van der Waals surface area contributed by atoms with Gasteiger partial charge in [0.2, 0.25) is 5.91 Å². The summed E-state index contributed by atoms with van der Waals surface area (Å²) in [6, 6.07) is 6.91. The quantitative estimate of drug-likeness (QED) is 0.708. The molecule has 1 atom stereocenters. The molecule has 1 saturated carbocycles. The monoisotopic (exact) mass is 463 g/mol. The number of halogens is 1.